The maximum absolute atomic E-state index is 12.6. The van der Waals surface area contributed by atoms with Gasteiger partial charge in [-0.1, -0.05) is 15.9 Å². The van der Waals surface area contributed by atoms with Crippen LogP contribution in [-0.4, -0.2) is 54.7 Å². The molecule has 0 bridgehead atoms. The molecule has 0 saturated carbocycles. The lowest BCUT2D eigenvalue weighted by Crippen LogP contribution is -2.36. The number of amides is 3. The van der Waals surface area contributed by atoms with Crippen molar-refractivity contribution in [3.05, 3.63) is 33.1 Å². The van der Waals surface area contributed by atoms with E-state index < -0.39 is 5.91 Å². The predicted octanol–water partition coefficient (Wildman–Crippen LogP) is 2.35. The summed E-state index contributed by atoms with van der Waals surface area (Å²) in [5.74, 6) is -0.688. The molecule has 2 aliphatic rings. The first-order valence-corrected chi connectivity index (χ1v) is 8.43. The molecule has 8 heteroatoms. The minimum Gasteiger partial charge on any atom is -0.311 e. The van der Waals surface area contributed by atoms with Gasteiger partial charge in [0.1, 0.15) is 0 Å². The van der Waals surface area contributed by atoms with Gasteiger partial charge in [0.15, 0.2) is 0 Å². The Morgan fingerprint density at radius 3 is 2.52 bits per heavy atom. The fraction of sp³-hybridized carbons (Fsp3) is 0.267. The molecule has 0 unspecified atom stereocenters. The zero-order valence-electron chi connectivity index (χ0n) is 12.8. The van der Waals surface area contributed by atoms with E-state index >= 15 is 0 Å². The highest BCUT2D eigenvalue weighted by atomic mass is 79.9. The van der Waals surface area contributed by atoms with Crippen molar-refractivity contribution in [1.29, 1.82) is 0 Å². The Morgan fingerprint density at radius 1 is 1.17 bits per heavy atom. The van der Waals surface area contributed by atoms with Crippen molar-refractivity contribution in [2.75, 3.05) is 32.7 Å². The highest BCUT2D eigenvalue weighted by Crippen LogP contribution is 2.44. The summed E-state index contributed by atoms with van der Waals surface area (Å²) < 4.78 is 0.810. The number of halogens is 1. The number of fused-ring (bicyclic) bond motifs is 1. The molecule has 1 saturated heterocycles. The molecule has 0 aromatic heterocycles. The molecule has 0 radical (unpaired) electrons. The maximum Gasteiger partial charge on any atom is 0.294 e. The largest absolute Gasteiger partial charge is 0.311 e. The van der Waals surface area contributed by atoms with Gasteiger partial charge in [-0.3, -0.25) is 24.2 Å². The van der Waals surface area contributed by atoms with Crippen LogP contribution >= 0.6 is 27.7 Å². The van der Waals surface area contributed by atoms with Crippen LogP contribution in [0.3, 0.4) is 0 Å². The summed E-state index contributed by atoms with van der Waals surface area (Å²) in [6.45, 7) is 0.191. The first-order chi connectivity index (χ1) is 10.8. The molecule has 1 fully saturated rings. The molecule has 2 heterocycles. The summed E-state index contributed by atoms with van der Waals surface area (Å²) in [5, 5.41) is -0.356. The molecule has 0 spiro atoms. The van der Waals surface area contributed by atoms with Crippen molar-refractivity contribution in [2.24, 2.45) is 0 Å². The minimum absolute atomic E-state index is 0.191. The normalized spacial score (nSPS) is 21.0. The first kappa shape index (κ1) is 16.2. The van der Waals surface area contributed by atoms with Gasteiger partial charge < -0.3 is 4.90 Å². The molecule has 1 aromatic carbocycles. The molecule has 6 nitrogen and oxygen atoms in total. The molecule has 23 heavy (non-hydrogen) atoms. The topological polar surface area (TPSA) is 60.9 Å². The summed E-state index contributed by atoms with van der Waals surface area (Å²) in [6, 6.07) is 5.45. The number of nitrogens with zero attached hydrogens (tertiary/aromatic N) is 3. The lowest BCUT2D eigenvalue weighted by Gasteiger charge is -2.17. The van der Waals surface area contributed by atoms with Crippen LogP contribution in [0.25, 0.3) is 5.57 Å². The quantitative estimate of drug-likeness (QED) is 0.719. The van der Waals surface area contributed by atoms with Crippen LogP contribution in [0.2, 0.25) is 0 Å². The molecule has 0 aliphatic carbocycles. The summed E-state index contributed by atoms with van der Waals surface area (Å²) in [4.78, 5) is 41.9. The Labute approximate surface area is 146 Å². The summed E-state index contributed by atoms with van der Waals surface area (Å²) >= 11 is 4.21. The highest BCUT2D eigenvalue weighted by molar-refractivity contribution is 9.10. The van der Waals surface area contributed by atoms with Crippen molar-refractivity contribution >= 4 is 56.0 Å². The average Bonchev–Trinajstić information content (AvgIpc) is 2.87. The Kier molecular flexibility index (Phi) is 4.07. The number of hydrogen-bond donors (Lipinski definition) is 0. The Hall–Kier alpha value is -1.64. The van der Waals surface area contributed by atoms with Crippen LogP contribution in [0.15, 0.2) is 27.6 Å². The molecule has 0 N–H and O–H groups in total. The zero-order valence-corrected chi connectivity index (χ0v) is 15.2. The third kappa shape index (κ3) is 2.60. The smallest absolute Gasteiger partial charge is 0.294 e. The molecular weight excluding hydrogens is 382 g/mol. The second-order valence-electron chi connectivity index (χ2n) is 5.55. The number of anilines is 1. The molecule has 2 aliphatic heterocycles. The van der Waals surface area contributed by atoms with E-state index in [-0.39, 0.29) is 22.7 Å². The van der Waals surface area contributed by atoms with Gasteiger partial charge in [-0.2, -0.15) is 0 Å². The summed E-state index contributed by atoms with van der Waals surface area (Å²) in [6.07, 6.45) is 0. The summed E-state index contributed by atoms with van der Waals surface area (Å²) in [5.41, 5.74) is 1.70. The van der Waals surface area contributed by atoms with Gasteiger partial charge in [-0.25, -0.2) is 0 Å². The van der Waals surface area contributed by atoms with Crippen molar-refractivity contribution in [3.8, 4) is 0 Å². The Morgan fingerprint density at radius 2 is 1.87 bits per heavy atom. The maximum atomic E-state index is 12.6. The SMILES string of the molecule is CN(C)CN1C(=O)SC(=C2C(=O)N(C)c3ccc(Br)cc32)C1=O. The van der Waals surface area contributed by atoms with E-state index in [4.69, 9.17) is 0 Å². The third-order valence-corrected chi connectivity index (χ3v) is 5.08. The molecule has 120 valence electrons. The Bertz CT molecular complexity index is 775. The molecule has 3 rings (SSSR count). The molecular formula is C15H14BrN3O3S. The van der Waals surface area contributed by atoms with Crippen LogP contribution in [0.4, 0.5) is 10.5 Å². The van der Waals surface area contributed by atoms with Crippen LogP contribution in [0.1, 0.15) is 5.56 Å². The molecule has 1 aromatic rings. The van der Waals surface area contributed by atoms with Crippen LogP contribution in [0, 0.1) is 0 Å². The van der Waals surface area contributed by atoms with Gasteiger partial charge in [0.05, 0.1) is 22.8 Å². The van der Waals surface area contributed by atoms with E-state index in [9.17, 15) is 14.4 Å². The van der Waals surface area contributed by atoms with E-state index in [1.165, 1.54) is 4.90 Å². The minimum atomic E-state index is -0.418. The molecule has 0 atom stereocenters. The second-order valence-corrected chi connectivity index (χ2v) is 7.43. The van der Waals surface area contributed by atoms with Crippen LogP contribution in [-0.2, 0) is 9.59 Å². The van der Waals surface area contributed by atoms with Crippen LogP contribution < -0.4 is 4.90 Å². The average molecular weight is 396 g/mol. The van der Waals surface area contributed by atoms with Crippen molar-refractivity contribution < 1.29 is 14.4 Å². The number of imide groups is 1. The van der Waals surface area contributed by atoms with Gasteiger partial charge in [0.25, 0.3) is 17.1 Å². The fourth-order valence-electron chi connectivity index (χ4n) is 2.57. The van der Waals surface area contributed by atoms with E-state index in [1.807, 2.05) is 12.1 Å². The Balaban J connectivity index is 2.13. The lowest BCUT2D eigenvalue weighted by atomic mass is 10.1. The van der Waals surface area contributed by atoms with Gasteiger partial charge >= 0.3 is 0 Å². The number of hydrogen-bond acceptors (Lipinski definition) is 5. The number of benzene rings is 1. The second kappa shape index (κ2) is 5.77. The number of likely N-dealkylation sites (N-methyl/N-ethyl adjacent to an activating group) is 1. The van der Waals surface area contributed by atoms with Crippen molar-refractivity contribution in [1.82, 2.24) is 9.80 Å². The van der Waals surface area contributed by atoms with Gasteiger partial charge in [0.2, 0.25) is 0 Å². The first-order valence-electron chi connectivity index (χ1n) is 6.82. The monoisotopic (exact) mass is 395 g/mol. The van der Waals surface area contributed by atoms with Crippen LogP contribution in [0.5, 0.6) is 0 Å². The van der Waals surface area contributed by atoms with E-state index in [2.05, 4.69) is 15.9 Å². The van der Waals surface area contributed by atoms with E-state index in [0.717, 1.165) is 26.8 Å². The number of thioether (sulfide) groups is 1. The van der Waals surface area contributed by atoms with Gasteiger partial charge in [0, 0.05) is 17.1 Å². The zero-order chi connectivity index (χ0) is 16.9. The lowest BCUT2D eigenvalue weighted by molar-refractivity contribution is -0.124. The van der Waals surface area contributed by atoms with E-state index in [1.54, 1.807) is 32.1 Å². The number of carbonyl (C=O) groups is 3. The van der Waals surface area contributed by atoms with Gasteiger partial charge in [-0.05, 0) is 44.1 Å². The number of carbonyl (C=O) groups excluding carboxylic acids is 3. The standard InChI is InChI=1S/C15H14BrN3O3S/c1-17(2)7-19-14(21)12(23-15(19)22)11-9-6-8(16)4-5-10(9)18(3)13(11)20/h4-6H,7H2,1-3H3. The number of rotatable bonds is 2. The summed E-state index contributed by atoms with van der Waals surface area (Å²) in [7, 11) is 5.21. The van der Waals surface area contributed by atoms with E-state index in [0.29, 0.717) is 11.1 Å². The van der Waals surface area contributed by atoms with Crippen molar-refractivity contribution in [3.63, 3.8) is 0 Å². The predicted molar refractivity (Wildman–Crippen MR) is 92.9 cm³/mol. The third-order valence-electron chi connectivity index (χ3n) is 3.61. The van der Waals surface area contributed by atoms with Crippen molar-refractivity contribution in [2.45, 2.75) is 0 Å². The fourth-order valence-corrected chi connectivity index (χ4v) is 3.85. The molecule has 3 amide bonds. The highest BCUT2D eigenvalue weighted by Gasteiger charge is 2.42. The van der Waals surface area contributed by atoms with Gasteiger partial charge in [-0.15, -0.1) is 0 Å².